The van der Waals surface area contributed by atoms with Crippen molar-refractivity contribution >= 4 is 35.5 Å². The zero-order valence-corrected chi connectivity index (χ0v) is 13.9. The molecule has 8 nitrogen and oxygen atoms in total. The third-order valence-corrected chi connectivity index (χ3v) is 6.38. The van der Waals surface area contributed by atoms with Crippen LogP contribution in [0.15, 0.2) is 24.3 Å². The molecule has 4 atom stereocenters. The molecule has 4 rings (SSSR count). The average molecular weight is 362 g/mol. The van der Waals surface area contributed by atoms with E-state index < -0.39 is 46.7 Å². The van der Waals surface area contributed by atoms with Crippen LogP contribution in [0.3, 0.4) is 0 Å². The summed E-state index contributed by atoms with van der Waals surface area (Å²) in [5, 5.41) is 19.0. The van der Waals surface area contributed by atoms with Crippen LogP contribution in [0.4, 0.5) is 0 Å². The van der Waals surface area contributed by atoms with Crippen LogP contribution in [0.5, 0.6) is 0 Å². The maximum Gasteiger partial charge on any atom is 0.329 e. The summed E-state index contributed by atoms with van der Waals surface area (Å²) in [7, 11) is 0. The number of hydrogen-bond donors (Lipinski definition) is 2. The molecule has 0 aliphatic carbocycles. The van der Waals surface area contributed by atoms with Crippen molar-refractivity contribution in [3.05, 3.63) is 35.4 Å². The fourth-order valence-electron chi connectivity index (χ4n) is 3.63. The predicted molar refractivity (Wildman–Crippen MR) is 85.9 cm³/mol. The molecule has 0 bridgehead atoms. The summed E-state index contributed by atoms with van der Waals surface area (Å²) in [6.45, 7) is 1.36. The van der Waals surface area contributed by atoms with Crippen LogP contribution < -0.4 is 0 Å². The molecule has 3 amide bonds. The maximum atomic E-state index is 12.6. The fraction of sp³-hybridized carbons (Fsp3) is 0.375. The van der Waals surface area contributed by atoms with E-state index in [4.69, 9.17) is 0 Å². The Labute approximate surface area is 146 Å². The fourth-order valence-corrected chi connectivity index (χ4v) is 5.10. The van der Waals surface area contributed by atoms with E-state index in [2.05, 4.69) is 0 Å². The topological polar surface area (TPSA) is 115 Å². The van der Waals surface area contributed by atoms with Crippen LogP contribution in [0.1, 0.15) is 27.6 Å². The Morgan fingerprint density at radius 1 is 1.20 bits per heavy atom. The number of benzene rings is 1. The van der Waals surface area contributed by atoms with E-state index in [1.165, 1.54) is 30.8 Å². The largest absolute Gasteiger partial charge is 0.480 e. The van der Waals surface area contributed by atoms with Crippen molar-refractivity contribution in [2.24, 2.45) is 0 Å². The second-order valence-corrected chi connectivity index (χ2v) is 7.62. The molecule has 9 heteroatoms. The van der Waals surface area contributed by atoms with Crippen LogP contribution in [-0.4, -0.2) is 72.5 Å². The number of thioether (sulfide) groups is 1. The van der Waals surface area contributed by atoms with Gasteiger partial charge >= 0.3 is 5.97 Å². The lowest BCUT2D eigenvalue weighted by atomic mass is 9.91. The molecule has 0 saturated carbocycles. The first-order valence-electron chi connectivity index (χ1n) is 7.61. The van der Waals surface area contributed by atoms with Crippen molar-refractivity contribution in [3.63, 3.8) is 0 Å². The molecule has 3 heterocycles. The van der Waals surface area contributed by atoms with Crippen molar-refractivity contribution in [1.82, 2.24) is 9.80 Å². The van der Waals surface area contributed by atoms with Crippen LogP contribution in [0.25, 0.3) is 0 Å². The summed E-state index contributed by atoms with van der Waals surface area (Å²) in [4.78, 5) is 51.3. The number of nitrogens with zero attached hydrogens (tertiary/aromatic N) is 2. The Kier molecular flexibility index (Phi) is 3.26. The monoisotopic (exact) mass is 362 g/mol. The minimum Gasteiger partial charge on any atom is -0.480 e. The molecule has 0 radical (unpaired) electrons. The van der Waals surface area contributed by atoms with Gasteiger partial charge in [0.05, 0.1) is 11.1 Å². The minimum atomic E-state index is -1.59. The molecule has 3 aliphatic heterocycles. The van der Waals surface area contributed by atoms with E-state index in [9.17, 15) is 29.4 Å². The molecular formula is C16H14N2O6S. The van der Waals surface area contributed by atoms with Gasteiger partial charge in [0.1, 0.15) is 17.0 Å². The van der Waals surface area contributed by atoms with Gasteiger partial charge in [0.15, 0.2) is 6.04 Å². The van der Waals surface area contributed by atoms with Gasteiger partial charge in [-0.15, -0.1) is 11.8 Å². The Morgan fingerprint density at radius 2 is 1.76 bits per heavy atom. The molecule has 25 heavy (non-hydrogen) atoms. The highest BCUT2D eigenvalue weighted by Gasteiger charge is 2.64. The number of amides is 3. The molecule has 1 aromatic rings. The van der Waals surface area contributed by atoms with E-state index in [1.54, 1.807) is 12.1 Å². The summed E-state index contributed by atoms with van der Waals surface area (Å²) in [5.41, 5.74) is -1.11. The van der Waals surface area contributed by atoms with Crippen LogP contribution in [-0.2, 0) is 9.59 Å². The summed E-state index contributed by atoms with van der Waals surface area (Å²) < 4.78 is 0. The van der Waals surface area contributed by atoms with Gasteiger partial charge in [-0.3, -0.25) is 19.3 Å². The van der Waals surface area contributed by atoms with Gasteiger partial charge in [0, 0.05) is 5.75 Å². The lowest BCUT2D eigenvalue weighted by Crippen LogP contribution is -2.79. The third kappa shape index (κ3) is 1.99. The van der Waals surface area contributed by atoms with Crippen LogP contribution >= 0.6 is 11.8 Å². The zero-order valence-electron chi connectivity index (χ0n) is 13.1. The molecule has 2 N–H and O–H groups in total. The molecule has 2 fully saturated rings. The van der Waals surface area contributed by atoms with Gasteiger partial charge in [0.2, 0.25) is 0 Å². The Morgan fingerprint density at radius 3 is 2.28 bits per heavy atom. The summed E-state index contributed by atoms with van der Waals surface area (Å²) in [6, 6.07) is 3.86. The number of imide groups is 1. The number of carboxylic acid groups (broad SMARTS) is 1. The van der Waals surface area contributed by atoms with Gasteiger partial charge in [0.25, 0.3) is 17.7 Å². The number of fused-ring (bicyclic) bond motifs is 2. The van der Waals surface area contributed by atoms with E-state index in [-0.39, 0.29) is 16.9 Å². The molecule has 3 aliphatic rings. The second-order valence-electron chi connectivity index (χ2n) is 6.52. The molecule has 1 aromatic carbocycles. The molecule has 130 valence electrons. The first-order chi connectivity index (χ1) is 11.8. The van der Waals surface area contributed by atoms with Crippen molar-refractivity contribution < 1.29 is 29.4 Å². The lowest BCUT2D eigenvalue weighted by molar-refractivity contribution is -0.176. The number of carboxylic acids is 1. The summed E-state index contributed by atoms with van der Waals surface area (Å²) in [6.07, 6.45) is 0. The van der Waals surface area contributed by atoms with E-state index >= 15 is 0 Å². The molecule has 2 saturated heterocycles. The number of carbonyl (C=O) groups excluding carboxylic acids is 3. The number of hydrogen-bond acceptors (Lipinski definition) is 6. The average Bonchev–Trinajstić information content (AvgIpc) is 2.80. The first-order valence-corrected chi connectivity index (χ1v) is 8.66. The van der Waals surface area contributed by atoms with E-state index in [1.807, 2.05) is 0 Å². The van der Waals surface area contributed by atoms with Gasteiger partial charge in [-0.25, -0.2) is 4.79 Å². The SMILES string of the molecule is CC1(O)CS[C@H]2C(N3C(=O)c4ccccc4C3=O)C(=O)N2C1C(=O)O. The van der Waals surface area contributed by atoms with E-state index in [0.29, 0.717) is 0 Å². The van der Waals surface area contributed by atoms with E-state index in [0.717, 1.165) is 9.80 Å². The highest BCUT2D eigenvalue weighted by molar-refractivity contribution is 8.00. The van der Waals surface area contributed by atoms with Crippen molar-refractivity contribution in [2.75, 3.05) is 5.75 Å². The number of aliphatic hydroxyl groups is 1. The molecule has 3 unspecified atom stereocenters. The van der Waals surface area contributed by atoms with Crippen molar-refractivity contribution in [3.8, 4) is 0 Å². The zero-order chi connectivity index (χ0) is 18.1. The number of rotatable bonds is 2. The lowest BCUT2D eigenvalue weighted by Gasteiger charge is -2.57. The van der Waals surface area contributed by atoms with Gasteiger partial charge in [-0.2, -0.15) is 0 Å². The highest BCUT2D eigenvalue weighted by Crippen LogP contribution is 2.45. The van der Waals surface area contributed by atoms with Gasteiger partial charge < -0.3 is 15.1 Å². The highest BCUT2D eigenvalue weighted by atomic mass is 32.2. The molecule has 0 aromatic heterocycles. The van der Waals surface area contributed by atoms with Crippen molar-refractivity contribution in [2.45, 2.75) is 30.0 Å². The summed E-state index contributed by atoms with van der Waals surface area (Å²) >= 11 is 1.17. The summed E-state index contributed by atoms with van der Waals surface area (Å²) in [5.74, 6) is -2.98. The standard InChI is InChI=1S/C16H14N2O6S/c1-16(24)6-25-14-9(13(21)18(14)10(16)15(22)23)17-11(19)7-4-2-3-5-8(7)12(17)20/h2-5,9-10,14,24H,6H2,1H3,(H,22,23)/t9?,10?,14-,16?/m0/s1. The number of β-lactam (4-membered cyclic amide) rings is 1. The Hall–Kier alpha value is -2.39. The normalized spacial score (nSPS) is 33.8. The Bertz CT molecular complexity index is 803. The van der Waals surface area contributed by atoms with Crippen molar-refractivity contribution in [1.29, 1.82) is 0 Å². The number of carbonyl (C=O) groups is 4. The second kappa shape index (κ2) is 5.06. The number of aliphatic carboxylic acids is 1. The van der Waals surface area contributed by atoms with Gasteiger partial charge in [-0.1, -0.05) is 12.1 Å². The maximum absolute atomic E-state index is 12.6. The predicted octanol–water partition coefficient (Wildman–Crippen LogP) is -0.229. The molecular weight excluding hydrogens is 348 g/mol. The Balaban J connectivity index is 1.67. The van der Waals surface area contributed by atoms with Crippen LogP contribution in [0.2, 0.25) is 0 Å². The third-order valence-electron chi connectivity index (χ3n) is 4.80. The first kappa shape index (κ1) is 16.1. The van der Waals surface area contributed by atoms with Crippen LogP contribution in [0, 0.1) is 0 Å². The van der Waals surface area contributed by atoms with Gasteiger partial charge in [-0.05, 0) is 19.1 Å². The smallest absolute Gasteiger partial charge is 0.329 e. The quantitative estimate of drug-likeness (QED) is 0.552. The molecule has 0 spiro atoms. The minimum absolute atomic E-state index is 0.0814.